The third-order valence-corrected chi connectivity index (χ3v) is 6.72. The summed E-state index contributed by atoms with van der Waals surface area (Å²) in [6.45, 7) is 6.01. The number of amides is 1. The molecule has 0 spiro atoms. The van der Waals surface area contributed by atoms with Gasteiger partial charge in [0.1, 0.15) is 10.9 Å². The minimum atomic E-state index is -3.77. The number of nitrogens with one attached hydrogen (secondary N) is 1. The SMILES string of the molecule is CC(C)[C@@H](C)NC(=O)COC(=O)[C@@H]1CCCCN1C1=NS(=O)(=O)c2ccccc21. The number of amidine groups is 1. The van der Waals surface area contributed by atoms with E-state index in [1.54, 1.807) is 23.1 Å². The number of hydrogen-bond donors (Lipinski definition) is 1. The molecule has 9 heteroatoms. The Morgan fingerprint density at radius 1 is 1.24 bits per heavy atom. The van der Waals surface area contributed by atoms with Crippen LogP contribution in [0.1, 0.15) is 45.6 Å². The highest BCUT2D eigenvalue weighted by molar-refractivity contribution is 7.90. The largest absolute Gasteiger partial charge is 0.454 e. The molecule has 1 amide bonds. The van der Waals surface area contributed by atoms with E-state index in [4.69, 9.17) is 4.74 Å². The van der Waals surface area contributed by atoms with Crippen LogP contribution in [-0.2, 0) is 24.3 Å². The van der Waals surface area contributed by atoms with Crippen molar-refractivity contribution in [3.05, 3.63) is 29.8 Å². The van der Waals surface area contributed by atoms with E-state index in [2.05, 4.69) is 9.71 Å². The molecule has 0 aromatic heterocycles. The number of rotatable bonds is 5. The van der Waals surface area contributed by atoms with Gasteiger partial charge in [-0.1, -0.05) is 26.0 Å². The van der Waals surface area contributed by atoms with Gasteiger partial charge in [-0.25, -0.2) is 4.79 Å². The van der Waals surface area contributed by atoms with Crippen LogP contribution in [0.25, 0.3) is 0 Å². The van der Waals surface area contributed by atoms with E-state index >= 15 is 0 Å². The summed E-state index contributed by atoms with van der Waals surface area (Å²) in [4.78, 5) is 26.6. The first-order valence-corrected chi connectivity index (χ1v) is 11.3. The fourth-order valence-electron chi connectivity index (χ4n) is 3.42. The number of carbonyl (C=O) groups excluding carboxylic acids is 2. The smallest absolute Gasteiger partial charge is 0.329 e. The molecule has 0 bridgehead atoms. The van der Waals surface area contributed by atoms with Gasteiger partial charge in [-0.05, 0) is 44.2 Å². The maximum Gasteiger partial charge on any atom is 0.329 e. The quantitative estimate of drug-likeness (QED) is 0.726. The maximum atomic E-state index is 12.7. The number of nitrogens with zero attached hydrogens (tertiary/aromatic N) is 2. The fourth-order valence-corrected chi connectivity index (χ4v) is 4.64. The zero-order valence-corrected chi connectivity index (χ0v) is 17.7. The molecule has 1 aromatic rings. The van der Waals surface area contributed by atoms with Crippen molar-refractivity contribution in [2.45, 2.75) is 57.0 Å². The molecule has 0 saturated carbocycles. The molecule has 1 fully saturated rings. The molecule has 0 unspecified atom stereocenters. The fraction of sp³-hybridized carbons (Fsp3) is 0.550. The predicted octanol–water partition coefficient (Wildman–Crippen LogP) is 1.69. The Bertz CT molecular complexity index is 926. The summed E-state index contributed by atoms with van der Waals surface area (Å²) in [5.74, 6) is -0.347. The van der Waals surface area contributed by atoms with Crippen LogP contribution >= 0.6 is 0 Å². The summed E-state index contributed by atoms with van der Waals surface area (Å²) in [5, 5.41) is 2.79. The number of fused-ring (bicyclic) bond motifs is 1. The number of hydrogen-bond acceptors (Lipinski definition) is 6. The van der Waals surface area contributed by atoms with E-state index in [-0.39, 0.29) is 35.2 Å². The van der Waals surface area contributed by atoms with Gasteiger partial charge in [-0.3, -0.25) is 4.79 Å². The van der Waals surface area contributed by atoms with Gasteiger partial charge >= 0.3 is 5.97 Å². The summed E-state index contributed by atoms with van der Waals surface area (Å²) >= 11 is 0. The van der Waals surface area contributed by atoms with Crippen molar-refractivity contribution in [2.24, 2.45) is 10.3 Å². The molecule has 3 rings (SSSR count). The van der Waals surface area contributed by atoms with Crippen LogP contribution in [0.2, 0.25) is 0 Å². The molecule has 1 aromatic carbocycles. The number of carbonyl (C=O) groups is 2. The minimum absolute atomic E-state index is 0.0260. The Hall–Kier alpha value is -2.42. The first-order chi connectivity index (χ1) is 13.7. The lowest BCUT2D eigenvalue weighted by Gasteiger charge is -2.35. The van der Waals surface area contributed by atoms with E-state index in [1.165, 1.54) is 6.07 Å². The van der Waals surface area contributed by atoms with Crippen LogP contribution in [0.4, 0.5) is 0 Å². The van der Waals surface area contributed by atoms with Gasteiger partial charge in [-0.15, -0.1) is 4.40 Å². The zero-order chi connectivity index (χ0) is 21.2. The molecule has 1 saturated heterocycles. The first kappa shape index (κ1) is 21.3. The molecular formula is C20H27N3O5S. The Morgan fingerprint density at radius 2 is 1.97 bits per heavy atom. The molecule has 8 nitrogen and oxygen atoms in total. The molecule has 2 aliphatic heterocycles. The molecule has 2 atom stereocenters. The Balaban J connectivity index is 1.72. The average molecular weight is 422 g/mol. The number of esters is 1. The minimum Gasteiger partial charge on any atom is -0.454 e. The van der Waals surface area contributed by atoms with Crippen LogP contribution in [0, 0.1) is 5.92 Å². The highest BCUT2D eigenvalue weighted by Crippen LogP contribution is 2.30. The number of sulfonamides is 1. The maximum absolute atomic E-state index is 12.7. The van der Waals surface area contributed by atoms with Crippen molar-refractivity contribution >= 4 is 27.7 Å². The molecule has 0 aliphatic carbocycles. The van der Waals surface area contributed by atoms with Crippen molar-refractivity contribution in [1.82, 2.24) is 10.2 Å². The van der Waals surface area contributed by atoms with Gasteiger partial charge in [0.05, 0.1) is 0 Å². The second-order valence-corrected chi connectivity index (χ2v) is 9.37. The Labute approximate surface area is 171 Å². The molecule has 2 aliphatic rings. The molecule has 1 N–H and O–H groups in total. The Kier molecular flexibility index (Phi) is 6.26. The lowest BCUT2D eigenvalue weighted by atomic mass is 10.0. The van der Waals surface area contributed by atoms with E-state index in [0.717, 1.165) is 12.8 Å². The highest BCUT2D eigenvalue weighted by atomic mass is 32.2. The van der Waals surface area contributed by atoms with Gasteiger partial charge in [0, 0.05) is 18.2 Å². The van der Waals surface area contributed by atoms with Crippen molar-refractivity contribution in [3.8, 4) is 0 Å². The molecule has 0 radical (unpaired) electrons. The monoisotopic (exact) mass is 421 g/mol. The van der Waals surface area contributed by atoms with E-state index in [1.807, 2.05) is 20.8 Å². The molecule has 29 heavy (non-hydrogen) atoms. The van der Waals surface area contributed by atoms with Gasteiger partial charge in [0.2, 0.25) is 0 Å². The van der Waals surface area contributed by atoms with Gasteiger partial charge in [0.25, 0.3) is 15.9 Å². The van der Waals surface area contributed by atoms with Crippen molar-refractivity contribution in [3.63, 3.8) is 0 Å². The molecule has 158 valence electrons. The number of likely N-dealkylation sites (tertiary alicyclic amines) is 1. The van der Waals surface area contributed by atoms with E-state index in [9.17, 15) is 18.0 Å². The highest BCUT2D eigenvalue weighted by Gasteiger charge is 2.38. The molecule has 2 heterocycles. The number of benzene rings is 1. The van der Waals surface area contributed by atoms with Crippen molar-refractivity contribution < 1.29 is 22.7 Å². The van der Waals surface area contributed by atoms with Crippen LogP contribution in [-0.4, -0.2) is 56.3 Å². The van der Waals surface area contributed by atoms with Crippen LogP contribution in [0.5, 0.6) is 0 Å². The van der Waals surface area contributed by atoms with Gasteiger partial charge < -0.3 is 15.0 Å². The predicted molar refractivity (Wildman–Crippen MR) is 108 cm³/mol. The normalized spacial score (nSPS) is 21.3. The van der Waals surface area contributed by atoms with Crippen LogP contribution in [0.15, 0.2) is 33.6 Å². The van der Waals surface area contributed by atoms with E-state index < -0.39 is 22.0 Å². The van der Waals surface area contributed by atoms with Crippen molar-refractivity contribution in [1.29, 1.82) is 0 Å². The third-order valence-electron chi connectivity index (χ3n) is 5.39. The summed E-state index contributed by atoms with van der Waals surface area (Å²) < 4.78 is 33.9. The lowest BCUT2D eigenvalue weighted by Crippen LogP contribution is -2.49. The van der Waals surface area contributed by atoms with E-state index in [0.29, 0.717) is 18.5 Å². The van der Waals surface area contributed by atoms with Crippen LogP contribution in [0.3, 0.4) is 0 Å². The standard InChI is InChI=1S/C20H27N3O5S/c1-13(2)14(3)21-18(24)12-28-20(25)16-9-6-7-11-23(16)19-15-8-4-5-10-17(15)29(26,27)22-19/h4-5,8,10,13-14,16H,6-7,9,11-12H2,1-3H3,(H,21,24)/t14-,16+/m1/s1. The second-order valence-electron chi connectivity index (χ2n) is 7.80. The first-order valence-electron chi connectivity index (χ1n) is 9.87. The second kappa shape index (κ2) is 8.52. The lowest BCUT2D eigenvalue weighted by molar-refractivity contribution is -0.153. The topological polar surface area (TPSA) is 105 Å². The Morgan fingerprint density at radius 3 is 2.69 bits per heavy atom. The van der Waals surface area contributed by atoms with Gasteiger partial charge in [-0.2, -0.15) is 8.42 Å². The average Bonchev–Trinajstić information content (AvgIpc) is 2.97. The third kappa shape index (κ3) is 4.60. The summed E-state index contributed by atoms with van der Waals surface area (Å²) in [6.07, 6.45) is 2.15. The number of piperidine rings is 1. The number of ether oxygens (including phenoxy) is 1. The summed E-state index contributed by atoms with van der Waals surface area (Å²) in [7, 11) is -3.77. The van der Waals surface area contributed by atoms with Crippen LogP contribution < -0.4 is 5.32 Å². The zero-order valence-electron chi connectivity index (χ0n) is 16.9. The summed E-state index contributed by atoms with van der Waals surface area (Å²) in [6, 6.07) is 5.90. The van der Waals surface area contributed by atoms with Crippen molar-refractivity contribution in [2.75, 3.05) is 13.2 Å². The summed E-state index contributed by atoms with van der Waals surface area (Å²) in [5.41, 5.74) is 0.496. The molecular weight excluding hydrogens is 394 g/mol. The van der Waals surface area contributed by atoms with Gasteiger partial charge in [0.15, 0.2) is 12.4 Å².